The van der Waals surface area contributed by atoms with Gasteiger partial charge in [-0.3, -0.25) is 4.79 Å². The molecule has 108 valence electrons. The second kappa shape index (κ2) is 6.55. The number of amides is 2. The lowest BCUT2D eigenvalue weighted by Crippen LogP contribution is -2.47. The minimum Gasteiger partial charge on any atom is -0.444 e. The van der Waals surface area contributed by atoms with Crippen molar-refractivity contribution in [2.45, 2.75) is 33.3 Å². The molecule has 0 radical (unpaired) electrons. The fourth-order valence-corrected chi connectivity index (χ4v) is 2.57. The number of piperidine rings is 1. The van der Waals surface area contributed by atoms with Gasteiger partial charge in [0.1, 0.15) is 6.61 Å². The van der Waals surface area contributed by atoms with Crippen molar-refractivity contribution in [1.82, 2.24) is 4.90 Å². The van der Waals surface area contributed by atoms with E-state index >= 15 is 0 Å². The molecule has 1 heterocycles. The van der Waals surface area contributed by atoms with E-state index in [1.807, 2.05) is 30.3 Å². The van der Waals surface area contributed by atoms with E-state index in [2.05, 4.69) is 13.8 Å². The van der Waals surface area contributed by atoms with E-state index < -0.39 is 6.09 Å². The van der Waals surface area contributed by atoms with Crippen LogP contribution >= 0.6 is 0 Å². The Kier molecular flexibility index (Phi) is 4.77. The van der Waals surface area contributed by atoms with E-state index in [-0.39, 0.29) is 12.5 Å². The molecule has 2 amide bonds. The zero-order chi connectivity index (χ0) is 14.5. The molecule has 1 aromatic rings. The van der Waals surface area contributed by atoms with Crippen LogP contribution in [0.25, 0.3) is 0 Å². The Morgan fingerprint density at radius 3 is 2.70 bits per heavy atom. The Labute approximate surface area is 119 Å². The van der Waals surface area contributed by atoms with Crippen LogP contribution in [0.5, 0.6) is 0 Å². The fourth-order valence-electron chi connectivity index (χ4n) is 2.57. The monoisotopic (exact) mass is 275 g/mol. The number of hydrogen-bond acceptors (Lipinski definition) is 3. The third kappa shape index (κ3) is 3.38. The Morgan fingerprint density at radius 2 is 2.05 bits per heavy atom. The van der Waals surface area contributed by atoms with E-state index in [1.165, 1.54) is 4.90 Å². The maximum absolute atomic E-state index is 12.0. The van der Waals surface area contributed by atoms with Crippen LogP contribution in [0, 0.1) is 11.8 Å². The van der Waals surface area contributed by atoms with E-state index in [0.29, 0.717) is 24.8 Å². The van der Waals surface area contributed by atoms with Gasteiger partial charge in [0.2, 0.25) is 5.91 Å². The smallest absolute Gasteiger partial charge is 0.416 e. The van der Waals surface area contributed by atoms with Crippen molar-refractivity contribution >= 4 is 12.0 Å². The van der Waals surface area contributed by atoms with Crippen LogP contribution in [-0.2, 0) is 16.1 Å². The highest BCUT2D eigenvalue weighted by Gasteiger charge is 2.34. The summed E-state index contributed by atoms with van der Waals surface area (Å²) in [4.78, 5) is 25.2. The molecule has 1 unspecified atom stereocenters. The molecule has 0 N–H and O–H groups in total. The number of likely N-dealkylation sites (tertiary alicyclic amines) is 1. The van der Waals surface area contributed by atoms with Gasteiger partial charge in [-0.1, -0.05) is 50.6 Å². The zero-order valence-electron chi connectivity index (χ0n) is 12.0. The van der Waals surface area contributed by atoms with Gasteiger partial charge < -0.3 is 4.74 Å². The van der Waals surface area contributed by atoms with E-state index in [1.54, 1.807) is 0 Å². The number of carbonyl (C=O) groups excluding carboxylic acids is 2. The summed E-state index contributed by atoms with van der Waals surface area (Å²) in [5.74, 6) is 0.586. The standard InChI is InChI=1S/C16H21NO3/c1-3-14-10-17(15(18)9-12(14)2)16(19)20-11-13-7-5-4-6-8-13/h4-8,12,14H,3,9-11H2,1-2H3/t12?,14-/m0/s1. The lowest BCUT2D eigenvalue weighted by Gasteiger charge is -2.34. The third-order valence-electron chi connectivity index (χ3n) is 3.97. The van der Waals surface area contributed by atoms with Crippen molar-refractivity contribution in [2.24, 2.45) is 11.8 Å². The normalized spacial score (nSPS) is 22.7. The van der Waals surface area contributed by atoms with Gasteiger partial charge in [0.05, 0.1) is 0 Å². The molecule has 1 fully saturated rings. The van der Waals surface area contributed by atoms with Gasteiger partial charge in [0, 0.05) is 13.0 Å². The largest absolute Gasteiger partial charge is 0.444 e. The van der Waals surface area contributed by atoms with E-state index in [4.69, 9.17) is 4.74 Å². The maximum atomic E-state index is 12.0. The van der Waals surface area contributed by atoms with E-state index in [0.717, 1.165) is 12.0 Å². The molecule has 0 aromatic heterocycles. The number of rotatable bonds is 3. The molecule has 4 nitrogen and oxygen atoms in total. The first-order valence-electron chi connectivity index (χ1n) is 7.12. The molecule has 1 aliphatic heterocycles. The molecular weight excluding hydrogens is 254 g/mol. The highest BCUT2D eigenvalue weighted by Crippen LogP contribution is 2.26. The molecule has 0 aliphatic carbocycles. The predicted octanol–water partition coefficient (Wildman–Crippen LogP) is 3.22. The van der Waals surface area contributed by atoms with Crippen LogP contribution < -0.4 is 0 Å². The number of benzene rings is 1. The van der Waals surface area contributed by atoms with Gasteiger partial charge in [0.25, 0.3) is 0 Å². The van der Waals surface area contributed by atoms with Gasteiger partial charge in [-0.2, -0.15) is 0 Å². The highest BCUT2D eigenvalue weighted by molar-refractivity contribution is 5.92. The summed E-state index contributed by atoms with van der Waals surface area (Å²) in [7, 11) is 0. The van der Waals surface area contributed by atoms with Gasteiger partial charge in [-0.15, -0.1) is 0 Å². The molecular formula is C16H21NO3. The quantitative estimate of drug-likeness (QED) is 0.851. The Hall–Kier alpha value is -1.84. The summed E-state index contributed by atoms with van der Waals surface area (Å²) < 4.78 is 5.23. The average molecular weight is 275 g/mol. The summed E-state index contributed by atoms with van der Waals surface area (Å²) in [6.45, 7) is 4.84. The van der Waals surface area contributed by atoms with Crippen molar-refractivity contribution in [1.29, 1.82) is 0 Å². The Morgan fingerprint density at radius 1 is 1.35 bits per heavy atom. The molecule has 2 rings (SSSR count). The van der Waals surface area contributed by atoms with Crippen LogP contribution in [0.4, 0.5) is 4.79 Å². The molecule has 0 bridgehead atoms. The number of carbonyl (C=O) groups is 2. The van der Waals surface area contributed by atoms with Crippen molar-refractivity contribution in [3.8, 4) is 0 Å². The molecule has 0 saturated carbocycles. The predicted molar refractivity (Wildman–Crippen MR) is 75.9 cm³/mol. The molecule has 4 heteroatoms. The first-order chi connectivity index (χ1) is 9.61. The molecule has 1 aliphatic rings. The van der Waals surface area contributed by atoms with Crippen molar-refractivity contribution in [3.63, 3.8) is 0 Å². The van der Waals surface area contributed by atoms with Crippen LogP contribution in [0.3, 0.4) is 0 Å². The van der Waals surface area contributed by atoms with Crippen LogP contribution in [0.1, 0.15) is 32.3 Å². The third-order valence-corrected chi connectivity index (χ3v) is 3.97. The molecule has 1 aromatic carbocycles. The second-order valence-corrected chi connectivity index (χ2v) is 5.39. The van der Waals surface area contributed by atoms with Crippen molar-refractivity contribution in [3.05, 3.63) is 35.9 Å². The van der Waals surface area contributed by atoms with Gasteiger partial charge >= 0.3 is 6.09 Å². The maximum Gasteiger partial charge on any atom is 0.416 e. The number of hydrogen-bond donors (Lipinski definition) is 0. The zero-order valence-corrected chi connectivity index (χ0v) is 12.0. The van der Waals surface area contributed by atoms with Crippen molar-refractivity contribution < 1.29 is 14.3 Å². The van der Waals surface area contributed by atoms with Gasteiger partial charge in [-0.05, 0) is 17.4 Å². The lowest BCUT2D eigenvalue weighted by atomic mass is 9.85. The van der Waals surface area contributed by atoms with Crippen molar-refractivity contribution in [2.75, 3.05) is 6.54 Å². The fraction of sp³-hybridized carbons (Fsp3) is 0.500. The number of ether oxygens (including phenoxy) is 1. The number of imide groups is 1. The van der Waals surface area contributed by atoms with Crippen LogP contribution in [-0.4, -0.2) is 23.4 Å². The average Bonchev–Trinajstić information content (AvgIpc) is 2.46. The Balaban J connectivity index is 1.93. The molecule has 20 heavy (non-hydrogen) atoms. The minimum absolute atomic E-state index is 0.125. The Bertz CT molecular complexity index is 472. The molecule has 2 atom stereocenters. The SMILES string of the molecule is CC[C@H]1CN(C(=O)OCc2ccccc2)C(=O)CC1C. The summed E-state index contributed by atoms with van der Waals surface area (Å²) in [5, 5.41) is 0. The molecule has 1 saturated heterocycles. The minimum atomic E-state index is -0.524. The summed E-state index contributed by atoms with van der Waals surface area (Å²) >= 11 is 0. The highest BCUT2D eigenvalue weighted by atomic mass is 16.6. The van der Waals surface area contributed by atoms with Crippen LogP contribution in [0.15, 0.2) is 30.3 Å². The second-order valence-electron chi connectivity index (χ2n) is 5.39. The van der Waals surface area contributed by atoms with Gasteiger partial charge in [0.15, 0.2) is 0 Å². The van der Waals surface area contributed by atoms with Gasteiger partial charge in [-0.25, -0.2) is 9.69 Å². The summed E-state index contributed by atoms with van der Waals surface area (Å²) in [5.41, 5.74) is 0.922. The lowest BCUT2D eigenvalue weighted by molar-refractivity contribution is -0.134. The number of nitrogens with zero attached hydrogens (tertiary/aromatic N) is 1. The first kappa shape index (κ1) is 14.6. The summed E-state index contributed by atoms with van der Waals surface area (Å²) in [6, 6.07) is 9.48. The van der Waals surface area contributed by atoms with E-state index in [9.17, 15) is 9.59 Å². The topological polar surface area (TPSA) is 46.6 Å². The van der Waals surface area contributed by atoms with Crippen LogP contribution in [0.2, 0.25) is 0 Å². The first-order valence-corrected chi connectivity index (χ1v) is 7.12. The summed E-state index contributed by atoms with van der Waals surface area (Å²) in [6.07, 6.45) is 0.875. The molecule has 0 spiro atoms.